The molecule has 2 aliphatic rings. The summed E-state index contributed by atoms with van der Waals surface area (Å²) in [7, 11) is 0. The van der Waals surface area contributed by atoms with Crippen molar-refractivity contribution >= 4 is 39.9 Å². The fourth-order valence-corrected chi connectivity index (χ4v) is 6.34. The number of aliphatic hydroxyl groups excluding tert-OH is 1. The van der Waals surface area contributed by atoms with Gasteiger partial charge >= 0.3 is 11.9 Å². The number of ether oxygens (including phenoxy) is 4. The highest BCUT2D eigenvalue weighted by Gasteiger charge is 2.49. The minimum absolute atomic E-state index is 0.00948. The van der Waals surface area contributed by atoms with Crippen molar-refractivity contribution in [1.82, 2.24) is 4.98 Å². The number of aliphatic hydroxyl groups is 1. The zero-order valence-corrected chi connectivity index (χ0v) is 26.3. The number of thiazole rings is 1. The number of benzene rings is 2. The van der Waals surface area contributed by atoms with Crippen molar-refractivity contribution in [2.75, 3.05) is 24.7 Å². The summed E-state index contributed by atoms with van der Waals surface area (Å²) < 4.78 is 22.8. The minimum atomic E-state index is -1.07. The van der Waals surface area contributed by atoms with Crippen molar-refractivity contribution in [3.63, 3.8) is 0 Å². The molecule has 1 saturated heterocycles. The standard InChI is InChI=1S/C33H36N2O8S/c1-6-9-14-42-24-13-10-20(17-25(24)40-7-2)27-26(28(36)21-11-12-23-22(16-21)15-18(4)43-23)29(37)31(38)35(27)33-34-19(5)30(44-33)32(39)41-8-3/h10-13,16-18,27,36H,6-9,14-15H2,1-5H3/b28-26+/t18-,27-/m0/s1. The van der Waals surface area contributed by atoms with Crippen molar-refractivity contribution < 1.29 is 38.4 Å². The molecule has 232 valence electrons. The van der Waals surface area contributed by atoms with Crippen molar-refractivity contribution in [3.8, 4) is 17.2 Å². The van der Waals surface area contributed by atoms with Gasteiger partial charge in [0.25, 0.3) is 5.78 Å². The maximum Gasteiger partial charge on any atom is 0.350 e. The van der Waals surface area contributed by atoms with Gasteiger partial charge in [-0.25, -0.2) is 9.78 Å². The molecule has 2 aromatic carbocycles. The summed E-state index contributed by atoms with van der Waals surface area (Å²) >= 11 is 0.957. The van der Waals surface area contributed by atoms with Crippen LogP contribution in [0.4, 0.5) is 5.13 Å². The van der Waals surface area contributed by atoms with Crippen LogP contribution in [0.5, 0.6) is 17.2 Å². The molecular weight excluding hydrogens is 584 g/mol. The monoisotopic (exact) mass is 620 g/mol. The third kappa shape index (κ3) is 5.88. The molecule has 1 amide bonds. The van der Waals surface area contributed by atoms with Gasteiger partial charge < -0.3 is 24.1 Å². The fourth-order valence-electron chi connectivity index (χ4n) is 5.35. The van der Waals surface area contributed by atoms with Gasteiger partial charge in [-0.15, -0.1) is 0 Å². The van der Waals surface area contributed by atoms with Crippen molar-refractivity contribution in [3.05, 3.63) is 69.2 Å². The molecule has 1 N–H and O–H groups in total. The number of rotatable bonds is 11. The molecule has 44 heavy (non-hydrogen) atoms. The molecule has 1 fully saturated rings. The van der Waals surface area contributed by atoms with Gasteiger partial charge in [0.1, 0.15) is 22.5 Å². The molecule has 5 rings (SSSR count). The molecule has 0 radical (unpaired) electrons. The Balaban J connectivity index is 1.67. The van der Waals surface area contributed by atoms with Crippen LogP contribution in [-0.2, 0) is 20.7 Å². The van der Waals surface area contributed by atoms with Crippen LogP contribution in [0.15, 0.2) is 42.0 Å². The van der Waals surface area contributed by atoms with Crippen molar-refractivity contribution in [2.24, 2.45) is 0 Å². The highest BCUT2D eigenvalue weighted by atomic mass is 32.1. The van der Waals surface area contributed by atoms with Gasteiger partial charge in [-0.05, 0) is 75.6 Å². The van der Waals surface area contributed by atoms with Crippen molar-refractivity contribution in [1.29, 1.82) is 0 Å². The highest BCUT2D eigenvalue weighted by molar-refractivity contribution is 7.17. The molecule has 2 aliphatic heterocycles. The Labute approximate surface area is 260 Å². The third-order valence-electron chi connectivity index (χ3n) is 7.40. The molecule has 3 heterocycles. The molecule has 0 spiro atoms. The number of carbonyl (C=O) groups is 3. The number of aryl methyl sites for hydroxylation is 1. The van der Waals surface area contributed by atoms with Gasteiger partial charge in [-0.3, -0.25) is 14.5 Å². The van der Waals surface area contributed by atoms with E-state index in [1.165, 1.54) is 4.90 Å². The molecule has 1 aromatic heterocycles. The lowest BCUT2D eigenvalue weighted by atomic mass is 9.94. The van der Waals surface area contributed by atoms with Crippen LogP contribution in [0.1, 0.15) is 78.6 Å². The number of carbonyl (C=O) groups excluding carboxylic acids is 3. The van der Waals surface area contributed by atoms with E-state index in [2.05, 4.69) is 11.9 Å². The van der Waals surface area contributed by atoms with Crippen LogP contribution >= 0.6 is 11.3 Å². The number of fused-ring (bicyclic) bond motifs is 1. The summed E-state index contributed by atoms with van der Waals surface area (Å²) in [5.74, 6) is -0.941. The summed E-state index contributed by atoms with van der Waals surface area (Å²) in [6.45, 7) is 10.3. The van der Waals surface area contributed by atoms with E-state index in [4.69, 9.17) is 18.9 Å². The lowest BCUT2D eigenvalue weighted by Crippen LogP contribution is -2.29. The zero-order chi connectivity index (χ0) is 31.5. The largest absolute Gasteiger partial charge is 0.507 e. The number of esters is 1. The SMILES string of the molecule is CCCCOc1ccc([C@H]2/C(=C(\O)c3ccc4c(c3)C[C@H](C)O4)C(=O)C(=O)N2c2nc(C)c(C(=O)OCC)s2)cc1OCC. The van der Waals surface area contributed by atoms with Crippen LogP contribution in [-0.4, -0.2) is 53.7 Å². The quantitative estimate of drug-likeness (QED) is 0.0883. The van der Waals surface area contributed by atoms with Gasteiger partial charge in [0.15, 0.2) is 16.6 Å². The summed E-state index contributed by atoms with van der Waals surface area (Å²) in [5, 5.41) is 11.8. The Morgan fingerprint density at radius 2 is 1.89 bits per heavy atom. The van der Waals surface area contributed by atoms with Gasteiger partial charge in [0.05, 0.1) is 37.1 Å². The Morgan fingerprint density at radius 3 is 2.61 bits per heavy atom. The molecule has 10 nitrogen and oxygen atoms in total. The van der Waals surface area contributed by atoms with E-state index in [-0.39, 0.29) is 34.1 Å². The van der Waals surface area contributed by atoms with Gasteiger partial charge in [0, 0.05) is 12.0 Å². The molecule has 0 unspecified atom stereocenters. The van der Waals surface area contributed by atoms with Gasteiger partial charge in [-0.2, -0.15) is 0 Å². The van der Waals surface area contributed by atoms with E-state index in [0.29, 0.717) is 48.0 Å². The Kier molecular flexibility index (Phi) is 9.24. The normalized spacial score (nSPS) is 18.7. The molecule has 0 saturated carbocycles. The maximum absolute atomic E-state index is 13.7. The molecule has 11 heteroatoms. The Hall–Kier alpha value is -4.38. The second kappa shape index (κ2) is 13.1. The third-order valence-corrected chi connectivity index (χ3v) is 8.54. The number of hydrogen-bond donors (Lipinski definition) is 1. The summed E-state index contributed by atoms with van der Waals surface area (Å²) in [5.41, 5.74) is 2.05. The van der Waals surface area contributed by atoms with Gasteiger partial charge in [0.2, 0.25) is 0 Å². The Morgan fingerprint density at radius 1 is 1.09 bits per heavy atom. The van der Waals surface area contributed by atoms with E-state index in [1.54, 1.807) is 50.2 Å². The number of aromatic nitrogens is 1. The van der Waals surface area contributed by atoms with Crippen LogP contribution in [0.25, 0.3) is 5.76 Å². The summed E-state index contributed by atoms with van der Waals surface area (Å²) in [6, 6.07) is 9.33. The first kappa shape index (κ1) is 31.1. The predicted octanol–water partition coefficient (Wildman–Crippen LogP) is 6.16. The molecule has 0 bridgehead atoms. The first-order valence-electron chi connectivity index (χ1n) is 14.8. The topological polar surface area (TPSA) is 124 Å². The average Bonchev–Trinajstić information content (AvgIpc) is 3.65. The van der Waals surface area contributed by atoms with Crippen LogP contribution < -0.4 is 19.1 Å². The number of anilines is 1. The number of nitrogens with zero attached hydrogens (tertiary/aromatic N) is 2. The maximum atomic E-state index is 13.7. The molecule has 3 aromatic rings. The number of Topliss-reactive ketones (excluding diaryl/α,β-unsaturated/α-hetero) is 1. The first-order chi connectivity index (χ1) is 21.2. The van der Waals surface area contributed by atoms with Crippen LogP contribution in [0, 0.1) is 6.92 Å². The first-order valence-corrected chi connectivity index (χ1v) is 15.6. The van der Waals surface area contributed by atoms with E-state index in [1.807, 2.05) is 13.8 Å². The number of amides is 1. The highest BCUT2D eigenvalue weighted by Crippen LogP contribution is 2.46. The zero-order valence-electron chi connectivity index (χ0n) is 25.5. The number of ketones is 1. The predicted molar refractivity (Wildman–Crippen MR) is 166 cm³/mol. The lowest BCUT2D eigenvalue weighted by molar-refractivity contribution is -0.132. The lowest BCUT2D eigenvalue weighted by Gasteiger charge is -2.24. The molecular formula is C33H36N2O8S. The fraction of sp³-hybridized carbons (Fsp3) is 0.394. The smallest absolute Gasteiger partial charge is 0.350 e. The minimum Gasteiger partial charge on any atom is -0.507 e. The van der Waals surface area contributed by atoms with Gasteiger partial charge in [-0.1, -0.05) is 30.7 Å². The Bertz CT molecular complexity index is 1630. The van der Waals surface area contributed by atoms with E-state index < -0.39 is 23.7 Å². The second-order valence-corrected chi connectivity index (χ2v) is 11.6. The second-order valence-electron chi connectivity index (χ2n) is 10.6. The van der Waals surface area contributed by atoms with Crippen molar-refractivity contribution in [2.45, 2.75) is 66.0 Å². The average molecular weight is 621 g/mol. The number of unbranched alkanes of at least 4 members (excludes halogenated alkanes) is 1. The summed E-state index contributed by atoms with van der Waals surface area (Å²) in [6.07, 6.45) is 2.47. The summed E-state index contributed by atoms with van der Waals surface area (Å²) in [4.78, 5) is 46.1. The number of hydrogen-bond acceptors (Lipinski definition) is 10. The molecule has 0 aliphatic carbocycles. The van der Waals surface area contributed by atoms with Crippen LogP contribution in [0.3, 0.4) is 0 Å². The van der Waals surface area contributed by atoms with Crippen LogP contribution in [0.2, 0.25) is 0 Å². The molecule has 2 atom stereocenters. The van der Waals surface area contributed by atoms with E-state index >= 15 is 0 Å². The van der Waals surface area contributed by atoms with E-state index in [9.17, 15) is 19.5 Å². The van der Waals surface area contributed by atoms with E-state index in [0.717, 1.165) is 35.5 Å².